The molecule has 22 heavy (non-hydrogen) atoms. The zero-order chi connectivity index (χ0) is 16.1. The van der Waals surface area contributed by atoms with E-state index in [4.69, 9.17) is 4.74 Å². The number of hydrogen-bond acceptors (Lipinski definition) is 2. The van der Waals surface area contributed by atoms with Gasteiger partial charge in [-0.3, -0.25) is 4.79 Å². The second-order valence-electron chi connectivity index (χ2n) is 6.81. The van der Waals surface area contributed by atoms with Crippen LogP contribution in [0.15, 0.2) is 30.3 Å². The van der Waals surface area contributed by atoms with Crippen molar-refractivity contribution in [1.82, 2.24) is 0 Å². The monoisotopic (exact) mass is 300 g/mol. The zero-order valence-electron chi connectivity index (χ0n) is 14.3. The Bertz CT molecular complexity index is 525. The first kappa shape index (κ1) is 16.8. The van der Waals surface area contributed by atoms with E-state index in [1.54, 1.807) is 0 Å². The highest BCUT2D eigenvalue weighted by molar-refractivity contribution is 5.90. The van der Waals surface area contributed by atoms with E-state index in [1.807, 2.05) is 0 Å². The lowest BCUT2D eigenvalue weighted by Gasteiger charge is -2.22. The number of rotatable bonds is 6. The number of esters is 1. The van der Waals surface area contributed by atoms with Gasteiger partial charge in [0.2, 0.25) is 0 Å². The summed E-state index contributed by atoms with van der Waals surface area (Å²) in [5.74, 6) is 0.626. The van der Waals surface area contributed by atoms with E-state index in [2.05, 4.69) is 58.0 Å². The molecule has 0 aromatic heterocycles. The topological polar surface area (TPSA) is 26.3 Å². The highest BCUT2D eigenvalue weighted by atomic mass is 16.5. The van der Waals surface area contributed by atoms with Crippen molar-refractivity contribution in [2.75, 3.05) is 6.61 Å². The van der Waals surface area contributed by atoms with Gasteiger partial charge in [-0.25, -0.2) is 0 Å². The zero-order valence-corrected chi connectivity index (χ0v) is 14.3. The number of benzene rings is 1. The summed E-state index contributed by atoms with van der Waals surface area (Å²) in [7, 11) is 0. The Morgan fingerprint density at radius 3 is 2.55 bits per heavy atom. The van der Waals surface area contributed by atoms with E-state index in [0.29, 0.717) is 18.4 Å². The van der Waals surface area contributed by atoms with Crippen molar-refractivity contribution in [3.8, 4) is 0 Å². The number of allylic oxidation sites excluding steroid dienone is 1. The van der Waals surface area contributed by atoms with Gasteiger partial charge in [0.1, 0.15) is 0 Å². The molecule has 0 amide bonds. The van der Waals surface area contributed by atoms with Crippen LogP contribution in [-0.2, 0) is 9.53 Å². The molecule has 1 aliphatic carbocycles. The normalized spacial score (nSPS) is 21.0. The van der Waals surface area contributed by atoms with Crippen LogP contribution >= 0.6 is 0 Å². The number of carbonyl (C=O) groups excluding carboxylic acids is 1. The average Bonchev–Trinajstić information content (AvgIpc) is 2.90. The molecular formula is C20H28O2. The van der Waals surface area contributed by atoms with Gasteiger partial charge in [0.05, 0.1) is 12.5 Å². The summed E-state index contributed by atoms with van der Waals surface area (Å²) < 4.78 is 5.56. The van der Waals surface area contributed by atoms with Crippen LogP contribution in [0, 0.1) is 24.7 Å². The molecule has 2 rings (SSSR count). The van der Waals surface area contributed by atoms with Crippen LogP contribution in [0.1, 0.15) is 51.2 Å². The lowest BCUT2D eigenvalue weighted by Crippen LogP contribution is -2.25. The van der Waals surface area contributed by atoms with Crippen molar-refractivity contribution in [2.45, 2.75) is 47.0 Å². The molecule has 1 aromatic rings. The van der Waals surface area contributed by atoms with Crippen LogP contribution in [0.5, 0.6) is 0 Å². The largest absolute Gasteiger partial charge is 0.465 e. The van der Waals surface area contributed by atoms with E-state index >= 15 is 0 Å². The SMILES string of the molecule is CCCC1CC=C(c2ccc(C)cc2)C1C(=O)OCC(C)C. The molecule has 0 N–H and O–H groups in total. The Morgan fingerprint density at radius 1 is 1.27 bits per heavy atom. The fraction of sp³-hybridized carbons (Fsp3) is 0.550. The Labute approximate surface area is 134 Å². The van der Waals surface area contributed by atoms with E-state index < -0.39 is 0 Å². The van der Waals surface area contributed by atoms with Crippen molar-refractivity contribution in [3.05, 3.63) is 41.5 Å². The number of aryl methyl sites for hydroxylation is 1. The molecule has 1 aliphatic rings. The lowest BCUT2D eigenvalue weighted by atomic mass is 9.85. The molecular weight excluding hydrogens is 272 g/mol. The second kappa shape index (κ2) is 7.62. The smallest absolute Gasteiger partial charge is 0.313 e. The van der Waals surface area contributed by atoms with Crippen LogP contribution in [0.4, 0.5) is 0 Å². The standard InChI is InChI=1S/C20H28O2/c1-5-6-17-11-12-18(16-9-7-15(4)8-10-16)19(17)20(21)22-13-14(2)3/h7-10,12,14,17,19H,5-6,11,13H2,1-4H3. The summed E-state index contributed by atoms with van der Waals surface area (Å²) in [5.41, 5.74) is 3.56. The van der Waals surface area contributed by atoms with Crippen molar-refractivity contribution in [2.24, 2.45) is 17.8 Å². The molecule has 0 heterocycles. The van der Waals surface area contributed by atoms with Gasteiger partial charge in [-0.1, -0.05) is 63.1 Å². The lowest BCUT2D eigenvalue weighted by molar-refractivity contribution is -0.148. The Kier molecular flexibility index (Phi) is 5.82. The van der Waals surface area contributed by atoms with Crippen LogP contribution in [0.2, 0.25) is 0 Å². The van der Waals surface area contributed by atoms with Gasteiger partial charge in [-0.2, -0.15) is 0 Å². The van der Waals surface area contributed by atoms with E-state index in [9.17, 15) is 4.79 Å². The van der Waals surface area contributed by atoms with Crippen molar-refractivity contribution in [3.63, 3.8) is 0 Å². The average molecular weight is 300 g/mol. The number of carbonyl (C=O) groups is 1. The molecule has 0 saturated heterocycles. The predicted molar refractivity (Wildman–Crippen MR) is 91.5 cm³/mol. The van der Waals surface area contributed by atoms with Crippen molar-refractivity contribution in [1.29, 1.82) is 0 Å². The minimum absolute atomic E-state index is 0.0449. The van der Waals surface area contributed by atoms with Gasteiger partial charge in [0, 0.05) is 0 Å². The molecule has 0 bridgehead atoms. The Balaban J connectivity index is 2.19. The number of hydrogen-bond donors (Lipinski definition) is 0. The van der Waals surface area contributed by atoms with E-state index in [0.717, 1.165) is 30.4 Å². The van der Waals surface area contributed by atoms with E-state index in [1.165, 1.54) is 5.56 Å². The third-order valence-electron chi connectivity index (χ3n) is 4.30. The minimum Gasteiger partial charge on any atom is -0.465 e. The summed E-state index contributed by atoms with van der Waals surface area (Å²) in [4.78, 5) is 12.6. The van der Waals surface area contributed by atoms with Gasteiger partial charge >= 0.3 is 5.97 Å². The molecule has 2 nitrogen and oxygen atoms in total. The van der Waals surface area contributed by atoms with Crippen LogP contribution in [-0.4, -0.2) is 12.6 Å². The maximum Gasteiger partial charge on any atom is 0.313 e. The molecule has 2 unspecified atom stereocenters. The van der Waals surface area contributed by atoms with Gasteiger partial charge in [-0.05, 0) is 42.7 Å². The molecule has 0 fully saturated rings. The fourth-order valence-electron chi connectivity index (χ4n) is 3.15. The molecule has 0 spiro atoms. The second-order valence-corrected chi connectivity index (χ2v) is 6.81. The van der Waals surface area contributed by atoms with Crippen LogP contribution in [0.3, 0.4) is 0 Å². The van der Waals surface area contributed by atoms with Gasteiger partial charge in [0.25, 0.3) is 0 Å². The first-order valence-electron chi connectivity index (χ1n) is 8.46. The first-order valence-corrected chi connectivity index (χ1v) is 8.46. The highest BCUT2D eigenvalue weighted by Gasteiger charge is 2.36. The summed E-state index contributed by atoms with van der Waals surface area (Å²) in [6.07, 6.45) is 5.41. The molecule has 1 aromatic carbocycles. The predicted octanol–water partition coefficient (Wildman–Crippen LogP) is 5.01. The Morgan fingerprint density at radius 2 is 1.95 bits per heavy atom. The van der Waals surface area contributed by atoms with E-state index in [-0.39, 0.29) is 11.9 Å². The fourth-order valence-corrected chi connectivity index (χ4v) is 3.15. The maximum atomic E-state index is 12.6. The van der Waals surface area contributed by atoms with Crippen LogP contribution in [0.25, 0.3) is 5.57 Å². The molecule has 0 radical (unpaired) electrons. The Hall–Kier alpha value is -1.57. The summed E-state index contributed by atoms with van der Waals surface area (Å²) in [5, 5.41) is 0. The maximum absolute atomic E-state index is 12.6. The highest BCUT2D eigenvalue weighted by Crippen LogP contribution is 2.41. The summed E-state index contributed by atoms with van der Waals surface area (Å²) in [6, 6.07) is 8.47. The number of ether oxygens (including phenoxy) is 1. The quantitative estimate of drug-likeness (QED) is 0.690. The van der Waals surface area contributed by atoms with Crippen molar-refractivity contribution >= 4 is 11.5 Å². The van der Waals surface area contributed by atoms with Crippen molar-refractivity contribution < 1.29 is 9.53 Å². The third-order valence-corrected chi connectivity index (χ3v) is 4.30. The molecule has 120 valence electrons. The summed E-state index contributed by atoms with van der Waals surface area (Å²) >= 11 is 0. The van der Waals surface area contributed by atoms with Gasteiger partial charge in [0.15, 0.2) is 0 Å². The third kappa shape index (κ3) is 4.00. The molecule has 0 saturated carbocycles. The molecule has 2 atom stereocenters. The van der Waals surface area contributed by atoms with Gasteiger partial charge in [-0.15, -0.1) is 0 Å². The molecule has 2 heteroatoms. The summed E-state index contributed by atoms with van der Waals surface area (Å²) in [6.45, 7) is 8.92. The minimum atomic E-state index is -0.0959. The van der Waals surface area contributed by atoms with Crippen LogP contribution < -0.4 is 0 Å². The van der Waals surface area contributed by atoms with Gasteiger partial charge < -0.3 is 4.74 Å². The molecule has 0 aliphatic heterocycles. The first-order chi connectivity index (χ1) is 10.5.